The van der Waals surface area contributed by atoms with Crippen LogP contribution in [0.15, 0.2) is 24.3 Å². The molecule has 2 N–H and O–H groups in total. The summed E-state index contributed by atoms with van der Waals surface area (Å²) in [6.07, 6.45) is 0. The smallest absolute Gasteiger partial charge is 0.313 e. The molecular formula is C14H18N2O4S. The number of aliphatic carboxylic acids is 1. The van der Waals surface area contributed by atoms with Gasteiger partial charge in [0, 0.05) is 26.2 Å². The fraction of sp³-hybridized carbons (Fsp3) is 0.357. The van der Waals surface area contributed by atoms with Crippen molar-refractivity contribution >= 4 is 35.2 Å². The van der Waals surface area contributed by atoms with Crippen molar-refractivity contribution in [3.63, 3.8) is 0 Å². The number of hydrogen-bond donors (Lipinski definition) is 2. The Morgan fingerprint density at radius 1 is 1.24 bits per heavy atom. The van der Waals surface area contributed by atoms with Gasteiger partial charge >= 0.3 is 5.97 Å². The molecule has 1 rings (SSSR count). The first-order valence-corrected chi connectivity index (χ1v) is 7.44. The van der Waals surface area contributed by atoms with E-state index in [2.05, 4.69) is 5.32 Å². The Hall–Kier alpha value is -2.02. The molecule has 0 saturated heterocycles. The first-order chi connectivity index (χ1) is 9.90. The van der Waals surface area contributed by atoms with E-state index in [0.29, 0.717) is 12.2 Å². The lowest BCUT2D eigenvalue weighted by Crippen LogP contribution is -2.24. The Morgan fingerprint density at radius 3 is 2.52 bits per heavy atom. The Labute approximate surface area is 127 Å². The van der Waals surface area contributed by atoms with Crippen LogP contribution in [0.25, 0.3) is 0 Å². The summed E-state index contributed by atoms with van der Waals surface area (Å²) in [5.41, 5.74) is 1.46. The second kappa shape index (κ2) is 8.31. The molecule has 0 aliphatic carbocycles. The zero-order valence-electron chi connectivity index (χ0n) is 12.0. The van der Waals surface area contributed by atoms with Crippen molar-refractivity contribution in [2.75, 3.05) is 23.9 Å². The van der Waals surface area contributed by atoms with Crippen molar-refractivity contribution in [1.29, 1.82) is 0 Å². The van der Waals surface area contributed by atoms with Crippen molar-refractivity contribution in [3.05, 3.63) is 29.8 Å². The number of anilines is 1. The quantitative estimate of drug-likeness (QED) is 0.795. The lowest BCUT2D eigenvalue weighted by atomic mass is 10.1. The van der Waals surface area contributed by atoms with Gasteiger partial charge in [0.05, 0.1) is 11.5 Å². The maximum atomic E-state index is 11.8. The van der Waals surface area contributed by atoms with Crippen LogP contribution in [0.3, 0.4) is 0 Å². The van der Waals surface area contributed by atoms with Gasteiger partial charge in [0.15, 0.2) is 0 Å². The van der Waals surface area contributed by atoms with E-state index in [-0.39, 0.29) is 23.3 Å². The highest BCUT2D eigenvalue weighted by atomic mass is 32.2. The average Bonchev–Trinajstić information content (AvgIpc) is 2.40. The molecule has 0 radical (unpaired) electrons. The SMILES string of the molecule is CC(=O)N(C)Cc1ccccc1NC(=O)CSCC(=O)O. The molecule has 6 nitrogen and oxygen atoms in total. The first-order valence-electron chi connectivity index (χ1n) is 6.29. The number of carboxylic acid groups (broad SMARTS) is 1. The van der Waals surface area contributed by atoms with Gasteiger partial charge in [-0.3, -0.25) is 14.4 Å². The highest BCUT2D eigenvalue weighted by molar-refractivity contribution is 8.00. The number of carbonyl (C=O) groups excluding carboxylic acids is 2. The minimum atomic E-state index is -0.948. The van der Waals surface area contributed by atoms with Crippen LogP contribution in [0, 0.1) is 0 Å². The van der Waals surface area contributed by atoms with Crippen LogP contribution in [0.2, 0.25) is 0 Å². The molecule has 21 heavy (non-hydrogen) atoms. The minimum absolute atomic E-state index is 0.0619. The number of carboxylic acids is 1. The summed E-state index contributed by atoms with van der Waals surface area (Å²) in [5, 5.41) is 11.3. The number of amides is 2. The van der Waals surface area contributed by atoms with Crippen LogP contribution in [0.1, 0.15) is 12.5 Å². The number of benzene rings is 1. The molecule has 0 heterocycles. The third-order valence-electron chi connectivity index (χ3n) is 2.70. The topological polar surface area (TPSA) is 86.7 Å². The van der Waals surface area contributed by atoms with E-state index >= 15 is 0 Å². The van der Waals surface area contributed by atoms with Gasteiger partial charge in [-0.05, 0) is 11.6 Å². The van der Waals surface area contributed by atoms with E-state index < -0.39 is 5.97 Å². The largest absolute Gasteiger partial charge is 0.481 e. The summed E-state index contributed by atoms with van der Waals surface area (Å²) in [6.45, 7) is 1.87. The van der Waals surface area contributed by atoms with Crippen LogP contribution >= 0.6 is 11.8 Å². The lowest BCUT2D eigenvalue weighted by Gasteiger charge is -2.17. The Kier molecular flexibility index (Phi) is 6.74. The maximum absolute atomic E-state index is 11.8. The van der Waals surface area contributed by atoms with Gasteiger partial charge in [-0.1, -0.05) is 18.2 Å². The molecule has 1 aromatic carbocycles. The Morgan fingerprint density at radius 2 is 1.90 bits per heavy atom. The van der Waals surface area contributed by atoms with E-state index in [0.717, 1.165) is 17.3 Å². The molecule has 0 aliphatic heterocycles. The van der Waals surface area contributed by atoms with E-state index in [1.807, 2.05) is 12.1 Å². The highest BCUT2D eigenvalue weighted by Crippen LogP contribution is 2.17. The number of para-hydroxylation sites is 1. The van der Waals surface area contributed by atoms with Gasteiger partial charge in [0.2, 0.25) is 11.8 Å². The van der Waals surface area contributed by atoms with Crippen LogP contribution < -0.4 is 5.32 Å². The third-order valence-corrected chi connectivity index (χ3v) is 3.61. The molecule has 7 heteroatoms. The molecule has 0 aromatic heterocycles. The molecule has 114 valence electrons. The second-order valence-corrected chi connectivity index (χ2v) is 5.45. The standard InChI is InChI=1S/C14H18N2O4S/c1-10(17)16(2)7-11-5-3-4-6-12(11)15-13(18)8-21-9-14(19)20/h3-6H,7-9H2,1-2H3,(H,15,18)(H,19,20). The number of rotatable bonds is 7. The fourth-order valence-electron chi connectivity index (χ4n) is 1.56. The zero-order valence-corrected chi connectivity index (χ0v) is 12.8. The number of carbonyl (C=O) groups is 3. The molecule has 0 aliphatic rings. The predicted molar refractivity (Wildman–Crippen MR) is 82.2 cm³/mol. The predicted octanol–water partition coefficient (Wildman–Crippen LogP) is 1.42. The number of hydrogen-bond acceptors (Lipinski definition) is 4. The van der Waals surface area contributed by atoms with Crippen LogP contribution in [0.5, 0.6) is 0 Å². The van der Waals surface area contributed by atoms with E-state index in [1.54, 1.807) is 24.1 Å². The van der Waals surface area contributed by atoms with Gasteiger partial charge < -0.3 is 15.3 Å². The average molecular weight is 310 g/mol. The summed E-state index contributed by atoms with van der Waals surface area (Å²) in [4.78, 5) is 35.0. The van der Waals surface area contributed by atoms with E-state index in [9.17, 15) is 14.4 Å². The summed E-state index contributed by atoms with van der Waals surface area (Å²) in [6, 6.07) is 7.21. The zero-order chi connectivity index (χ0) is 15.8. The maximum Gasteiger partial charge on any atom is 0.313 e. The molecule has 0 bridgehead atoms. The summed E-state index contributed by atoms with van der Waals surface area (Å²) in [5.74, 6) is -1.31. The molecule has 0 saturated carbocycles. The van der Waals surface area contributed by atoms with Crippen LogP contribution in [-0.2, 0) is 20.9 Å². The summed E-state index contributed by atoms with van der Waals surface area (Å²) in [7, 11) is 1.68. The minimum Gasteiger partial charge on any atom is -0.481 e. The first kappa shape index (κ1) is 17.0. The fourth-order valence-corrected chi connectivity index (χ4v) is 2.10. The molecule has 2 amide bonds. The lowest BCUT2D eigenvalue weighted by molar-refractivity contribution is -0.134. The monoisotopic (exact) mass is 310 g/mol. The second-order valence-electron chi connectivity index (χ2n) is 4.47. The number of nitrogens with zero attached hydrogens (tertiary/aromatic N) is 1. The highest BCUT2D eigenvalue weighted by Gasteiger charge is 2.10. The molecule has 0 spiro atoms. The summed E-state index contributed by atoms with van der Waals surface area (Å²) < 4.78 is 0. The van der Waals surface area contributed by atoms with Gasteiger partial charge in [0.25, 0.3) is 0 Å². The van der Waals surface area contributed by atoms with Gasteiger partial charge in [-0.15, -0.1) is 11.8 Å². The van der Waals surface area contributed by atoms with E-state index in [1.165, 1.54) is 6.92 Å². The molecule has 0 unspecified atom stereocenters. The van der Waals surface area contributed by atoms with Crippen LogP contribution in [0.4, 0.5) is 5.69 Å². The number of nitrogens with one attached hydrogen (secondary N) is 1. The van der Waals surface area contributed by atoms with Crippen molar-refractivity contribution in [3.8, 4) is 0 Å². The Bertz CT molecular complexity index is 533. The molecule has 0 atom stereocenters. The molecular weight excluding hydrogens is 292 g/mol. The van der Waals surface area contributed by atoms with Crippen molar-refractivity contribution in [2.24, 2.45) is 0 Å². The van der Waals surface area contributed by atoms with Gasteiger partial charge in [-0.2, -0.15) is 0 Å². The van der Waals surface area contributed by atoms with Crippen molar-refractivity contribution in [2.45, 2.75) is 13.5 Å². The van der Waals surface area contributed by atoms with Gasteiger partial charge in [-0.25, -0.2) is 0 Å². The van der Waals surface area contributed by atoms with Crippen LogP contribution in [-0.4, -0.2) is 46.3 Å². The van der Waals surface area contributed by atoms with Crippen molar-refractivity contribution in [1.82, 2.24) is 4.90 Å². The normalized spacial score (nSPS) is 10.0. The summed E-state index contributed by atoms with van der Waals surface area (Å²) >= 11 is 1.04. The Balaban J connectivity index is 2.64. The molecule has 0 fully saturated rings. The van der Waals surface area contributed by atoms with E-state index in [4.69, 9.17) is 5.11 Å². The van der Waals surface area contributed by atoms with Crippen molar-refractivity contribution < 1.29 is 19.5 Å². The number of thioether (sulfide) groups is 1. The molecule has 1 aromatic rings. The third kappa shape index (κ3) is 6.31. The van der Waals surface area contributed by atoms with Gasteiger partial charge in [0.1, 0.15) is 0 Å².